The fourth-order valence-electron chi connectivity index (χ4n) is 1.94. The molecule has 0 aromatic heterocycles. The Bertz CT molecular complexity index is 170. The van der Waals surface area contributed by atoms with Crippen molar-refractivity contribution in [1.82, 2.24) is 0 Å². The van der Waals surface area contributed by atoms with Gasteiger partial charge in [0.05, 0.1) is 0 Å². The minimum atomic E-state index is 0.736. The monoisotopic (exact) mass is 136 g/mol. The Morgan fingerprint density at radius 3 is 2.30 bits per heavy atom. The Labute approximate surface area is 63.3 Å². The van der Waals surface area contributed by atoms with Crippen LogP contribution in [0.25, 0.3) is 0 Å². The van der Waals surface area contributed by atoms with Crippen molar-refractivity contribution >= 4 is 0 Å². The highest BCUT2D eigenvalue weighted by atomic mass is 14.5. The number of hydrogen-bond acceptors (Lipinski definition) is 0. The summed E-state index contributed by atoms with van der Waals surface area (Å²) in [7, 11) is 0. The van der Waals surface area contributed by atoms with E-state index in [0.29, 0.717) is 0 Å². The second-order valence-corrected chi connectivity index (χ2v) is 4.24. The van der Waals surface area contributed by atoms with E-state index in [-0.39, 0.29) is 0 Å². The first-order valence-electron chi connectivity index (χ1n) is 4.43. The predicted molar refractivity (Wildman–Crippen MR) is 43.8 cm³/mol. The van der Waals surface area contributed by atoms with Gasteiger partial charge in [-0.1, -0.05) is 25.5 Å². The van der Waals surface area contributed by atoms with Gasteiger partial charge in [-0.2, -0.15) is 0 Å². The lowest BCUT2D eigenvalue weighted by Crippen LogP contribution is -1.88. The first-order valence-corrected chi connectivity index (χ1v) is 4.43. The molecule has 1 spiro atoms. The molecule has 0 radical (unpaired) electrons. The Balaban J connectivity index is 2.11. The van der Waals surface area contributed by atoms with Crippen molar-refractivity contribution in [3.8, 4) is 0 Å². The fourth-order valence-corrected chi connectivity index (χ4v) is 1.94. The van der Waals surface area contributed by atoms with Gasteiger partial charge in [-0.3, -0.25) is 0 Å². The SMILES string of the molecule is CC(C)C1=CC2(CC1)CC2. The van der Waals surface area contributed by atoms with Gasteiger partial charge in [0.25, 0.3) is 0 Å². The van der Waals surface area contributed by atoms with Crippen molar-refractivity contribution in [1.29, 1.82) is 0 Å². The molecule has 1 fully saturated rings. The van der Waals surface area contributed by atoms with Gasteiger partial charge in [0.2, 0.25) is 0 Å². The number of hydrogen-bond donors (Lipinski definition) is 0. The van der Waals surface area contributed by atoms with Crippen LogP contribution in [0.2, 0.25) is 0 Å². The third kappa shape index (κ3) is 0.902. The van der Waals surface area contributed by atoms with Gasteiger partial charge in [0, 0.05) is 0 Å². The summed E-state index contributed by atoms with van der Waals surface area (Å²) in [5.41, 5.74) is 2.46. The van der Waals surface area contributed by atoms with Gasteiger partial charge >= 0.3 is 0 Å². The van der Waals surface area contributed by atoms with E-state index in [4.69, 9.17) is 0 Å². The zero-order chi connectivity index (χ0) is 7.19. The summed E-state index contributed by atoms with van der Waals surface area (Å²) < 4.78 is 0. The van der Waals surface area contributed by atoms with Gasteiger partial charge in [0.1, 0.15) is 0 Å². The summed E-state index contributed by atoms with van der Waals surface area (Å²) in [5.74, 6) is 0.806. The lowest BCUT2D eigenvalue weighted by molar-refractivity contribution is 0.621. The maximum Gasteiger partial charge on any atom is -0.0112 e. The molecule has 0 saturated heterocycles. The summed E-state index contributed by atoms with van der Waals surface area (Å²) in [5, 5.41) is 0. The fraction of sp³-hybridized carbons (Fsp3) is 0.800. The van der Waals surface area contributed by atoms with Crippen molar-refractivity contribution < 1.29 is 0 Å². The molecule has 2 aliphatic carbocycles. The minimum Gasteiger partial charge on any atom is -0.0788 e. The molecule has 0 aliphatic heterocycles. The maximum atomic E-state index is 2.57. The Hall–Kier alpha value is -0.260. The number of allylic oxidation sites excluding steroid dienone is 2. The van der Waals surface area contributed by atoms with Crippen LogP contribution in [0.1, 0.15) is 39.5 Å². The average molecular weight is 136 g/mol. The Kier molecular flexibility index (Phi) is 1.21. The third-order valence-corrected chi connectivity index (χ3v) is 3.04. The van der Waals surface area contributed by atoms with Crippen LogP contribution in [0, 0.1) is 11.3 Å². The summed E-state index contributed by atoms with van der Waals surface area (Å²) in [6.45, 7) is 4.63. The minimum absolute atomic E-state index is 0.736. The van der Waals surface area contributed by atoms with E-state index in [9.17, 15) is 0 Å². The van der Waals surface area contributed by atoms with Crippen molar-refractivity contribution in [3.05, 3.63) is 11.6 Å². The van der Waals surface area contributed by atoms with Crippen molar-refractivity contribution in [2.24, 2.45) is 11.3 Å². The van der Waals surface area contributed by atoms with Crippen LogP contribution in [0.15, 0.2) is 11.6 Å². The van der Waals surface area contributed by atoms with Gasteiger partial charge < -0.3 is 0 Å². The molecule has 0 aromatic rings. The molecular formula is C10H16. The third-order valence-electron chi connectivity index (χ3n) is 3.04. The molecule has 0 atom stereocenters. The van der Waals surface area contributed by atoms with Crippen LogP contribution in [0.4, 0.5) is 0 Å². The van der Waals surface area contributed by atoms with Crippen LogP contribution in [-0.4, -0.2) is 0 Å². The quantitative estimate of drug-likeness (QED) is 0.486. The average Bonchev–Trinajstić information content (AvgIpc) is 2.41. The lowest BCUT2D eigenvalue weighted by atomic mass is 10.0. The van der Waals surface area contributed by atoms with E-state index in [1.165, 1.54) is 25.7 Å². The Morgan fingerprint density at radius 2 is 2.00 bits per heavy atom. The van der Waals surface area contributed by atoms with Crippen molar-refractivity contribution in [2.75, 3.05) is 0 Å². The predicted octanol–water partition coefficient (Wildman–Crippen LogP) is 3.14. The highest BCUT2D eigenvalue weighted by molar-refractivity contribution is 5.23. The topological polar surface area (TPSA) is 0 Å². The highest BCUT2D eigenvalue weighted by Gasteiger charge is 2.43. The molecule has 0 heterocycles. The van der Waals surface area contributed by atoms with Crippen LogP contribution in [0.5, 0.6) is 0 Å². The van der Waals surface area contributed by atoms with E-state index < -0.39 is 0 Å². The van der Waals surface area contributed by atoms with Gasteiger partial charge in [-0.15, -0.1) is 0 Å². The molecule has 1 saturated carbocycles. The molecule has 0 heteroatoms. The van der Waals surface area contributed by atoms with Gasteiger partial charge in [0.15, 0.2) is 0 Å². The smallest absolute Gasteiger partial charge is 0.0112 e. The summed E-state index contributed by atoms with van der Waals surface area (Å²) in [4.78, 5) is 0. The lowest BCUT2D eigenvalue weighted by Gasteiger charge is -2.02. The van der Waals surface area contributed by atoms with Gasteiger partial charge in [-0.25, -0.2) is 0 Å². The first-order chi connectivity index (χ1) is 4.72. The molecule has 10 heavy (non-hydrogen) atoms. The summed E-state index contributed by atoms with van der Waals surface area (Å²) >= 11 is 0. The summed E-state index contributed by atoms with van der Waals surface area (Å²) in [6.07, 6.45) is 8.36. The van der Waals surface area contributed by atoms with E-state index in [2.05, 4.69) is 19.9 Å². The van der Waals surface area contributed by atoms with Crippen LogP contribution < -0.4 is 0 Å². The van der Waals surface area contributed by atoms with Crippen LogP contribution in [0.3, 0.4) is 0 Å². The largest absolute Gasteiger partial charge is 0.0788 e. The molecule has 0 unspecified atom stereocenters. The second-order valence-electron chi connectivity index (χ2n) is 4.24. The molecular weight excluding hydrogens is 120 g/mol. The van der Waals surface area contributed by atoms with E-state index in [1.807, 2.05) is 0 Å². The van der Waals surface area contributed by atoms with E-state index in [1.54, 1.807) is 5.57 Å². The molecule has 56 valence electrons. The molecule has 0 aromatic carbocycles. The van der Waals surface area contributed by atoms with E-state index >= 15 is 0 Å². The molecule has 2 rings (SSSR count). The van der Waals surface area contributed by atoms with Crippen LogP contribution >= 0.6 is 0 Å². The Morgan fingerprint density at radius 1 is 1.30 bits per heavy atom. The molecule has 0 amide bonds. The first kappa shape index (κ1) is 6.45. The normalized spacial score (nSPS) is 27.7. The van der Waals surface area contributed by atoms with Crippen molar-refractivity contribution in [3.63, 3.8) is 0 Å². The molecule has 2 aliphatic rings. The second kappa shape index (κ2) is 1.87. The molecule has 0 N–H and O–H groups in total. The number of rotatable bonds is 1. The van der Waals surface area contributed by atoms with Gasteiger partial charge in [-0.05, 0) is 37.0 Å². The maximum absolute atomic E-state index is 2.57. The summed E-state index contributed by atoms with van der Waals surface area (Å²) in [6, 6.07) is 0. The molecule has 0 bridgehead atoms. The zero-order valence-electron chi connectivity index (χ0n) is 6.98. The van der Waals surface area contributed by atoms with Crippen LogP contribution in [-0.2, 0) is 0 Å². The van der Waals surface area contributed by atoms with E-state index in [0.717, 1.165) is 11.3 Å². The van der Waals surface area contributed by atoms with Crippen molar-refractivity contribution in [2.45, 2.75) is 39.5 Å². The zero-order valence-corrected chi connectivity index (χ0v) is 6.98. The molecule has 0 nitrogen and oxygen atoms in total. The standard InChI is InChI=1S/C10H16/c1-8(2)9-3-4-10(7-9)5-6-10/h7-8H,3-6H2,1-2H3. The highest BCUT2D eigenvalue weighted by Crippen LogP contribution is 2.56.